The van der Waals surface area contributed by atoms with E-state index in [-0.39, 0.29) is 19.4 Å². The van der Waals surface area contributed by atoms with Crippen LogP contribution in [-0.2, 0) is 17.7 Å². The lowest BCUT2D eigenvalue weighted by atomic mass is 10.0. The van der Waals surface area contributed by atoms with Crippen LogP contribution in [0.1, 0.15) is 44.7 Å². The van der Waals surface area contributed by atoms with Gasteiger partial charge < -0.3 is 9.64 Å². The average molecular weight is 525 g/mol. The number of terminal acetylenes is 1. The number of ether oxygens (including phenoxy) is 1. The maximum Gasteiger partial charge on any atom is 0.414 e. The van der Waals surface area contributed by atoms with Crippen molar-refractivity contribution >= 4 is 29.3 Å². The summed E-state index contributed by atoms with van der Waals surface area (Å²) < 4.78 is 20.8. The van der Waals surface area contributed by atoms with Gasteiger partial charge in [0.25, 0.3) is 11.8 Å². The van der Waals surface area contributed by atoms with Gasteiger partial charge in [0, 0.05) is 38.3 Å². The summed E-state index contributed by atoms with van der Waals surface area (Å²) in [4.78, 5) is 47.4. The summed E-state index contributed by atoms with van der Waals surface area (Å²) in [5.41, 5.74) is 3.78. The van der Waals surface area contributed by atoms with Gasteiger partial charge in [-0.25, -0.2) is 9.18 Å². The van der Waals surface area contributed by atoms with Crippen molar-refractivity contribution in [3.8, 4) is 12.3 Å². The molecule has 0 aliphatic carbocycles. The number of hydrogen-bond acceptors (Lipinski definition) is 6. The number of anilines is 2. The van der Waals surface area contributed by atoms with Crippen molar-refractivity contribution in [1.29, 1.82) is 0 Å². The molecule has 9 heteroatoms. The number of carbonyl (C=O) groups is 3. The number of rotatable bonds is 6. The highest BCUT2D eigenvalue weighted by atomic mass is 19.1. The summed E-state index contributed by atoms with van der Waals surface area (Å²) in [6.07, 6.45) is 8.99. The van der Waals surface area contributed by atoms with Crippen molar-refractivity contribution in [1.82, 2.24) is 9.88 Å². The van der Waals surface area contributed by atoms with Crippen LogP contribution in [0.4, 0.5) is 20.6 Å². The van der Waals surface area contributed by atoms with E-state index in [1.165, 1.54) is 21.4 Å². The van der Waals surface area contributed by atoms with Gasteiger partial charge in [0.05, 0.1) is 35.1 Å². The van der Waals surface area contributed by atoms with Crippen LogP contribution in [0.2, 0.25) is 0 Å². The Kier molecular flexibility index (Phi) is 6.23. The first-order chi connectivity index (χ1) is 18.9. The quantitative estimate of drug-likeness (QED) is 0.355. The van der Waals surface area contributed by atoms with E-state index >= 15 is 4.39 Å². The second-order valence-electron chi connectivity index (χ2n) is 9.89. The van der Waals surface area contributed by atoms with Crippen molar-refractivity contribution in [2.75, 3.05) is 22.9 Å². The van der Waals surface area contributed by atoms with E-state index < -0.39 is 35.9 Å². The van der Waals surface area contributed by atoms with Crippen molar-refractivity contribution in [3.05, 3.63) is 89.0 Å². The minimum Gasteiger partial charge on any atom is -0.444 e. The Morgan fingerprint density at radius 2 is 1.85 bits per heavy atom. The van der Waals surface area contributed by atoms with Crippen molar-refractivity contribution in [3.63, 3.8) is 0 Å². The molecule has 1 unspecified atom stereocenters. The van der Waals surface area contributed by atoms with Crippen molar-refractivity contribution < 1.29 is 23.5 Å². The molecule has 0 spiro atoms. The molecule has 8 nitrogen and oxygen atoms in total. The van der Waals surface area contributed by atoms with Gasteiger partial charge in [0.1, 0.15) is 11.9 Å². The van der Waals surface area contributed by atoms with Crippen LogP contribution in [0.25, 0.3) is 0 Å². The molecule has 2 atom stereocenters. The van der Waals surface area contributed by atoms with Gasteiger partial charge in [-0.05, 0) is 53.9 Å². The van der Waals surface area contributed by atoms with Gasteiger partial charge in [-0.1, -0.05) is 12.1 Å². The summed E-state index contributed by atoms with van der Waals surface area (Å²) >= 11 is 0. The fourth-order valence-electron chi connectivity index (χ4n) is 5.62. The first kappa shape index (κ1) is 24.6. The predicted octanol–water partition coefficient (Wildman–Crippen LogP) is 4.19. The molecule has 0 saturated carbocycles. The molecule has 1 saturated heterocycles. The van der Waals surface area contributed by atoms with Crippen LogP contribution in [-0.4, -0.2) is 53.0 Å². The number of aromatic nitrogens is 1. The lowest BCUT2D eigenvalue weighted by molar-refractivity contribution is 0.0531. The van der Waals surface area contributed by atoms with Crippen LogP contribution in [0.3, 0.4) is 0 Å². The van der Waals surface area contributed by atoms with Crippen molar-refractivity contribution in [2.45, 2.75) is 38.0 Å². The fourth-order valence-corrected chi connectivity index (χ4v) is 5.62. The number of carbonyl (C=O) groups excluding carboxylic acids is 3. The Hall–Kier alpha value is -4.71. The van der Waals surface area contributed by atoms with Crippen LogP contribution >= 0.6 is 0 Å². The number of amides is 3. The minimum atomic E-state index is -0.643. The molecule has 0 N–H and O–H groups in total. The van der Waals surface area contributed by atoms with Crippen LogP contribution in [0.15, 0.2) is 60.9 Å². The Morgan fingerprint density at radius 1 is 1.08 bits per heavy atom. The standard InChI is InChI=1S/C30H25FN4O4/c1-2-5-22(35-28(36)24-6-3-4-7-25(24)29(35)37)14-23-18-34(30(38)39-23)21-8-9-27(26(31)15-21)33-13-11-19-10-12-32-16-20(19)17-33/h1,3-4,6-10,12,15-16,22-23H,5,11,13-14,17-18H2/t22?,23-/m0/s1. The number of benzene rings is 2. The maximum absolute atomic E-state index is 15.3. The molecular weight excluding hydrogens is 499 g/mol. The smallest absolute Gasteiger partial charge is 0.414 e. The molecule has 1 aromatic heterocycles. The van der Waals surface area contributed by atoms with E-state index in [1.807, 2.05) is 17.2 Å². The molecule has 3 aromatic rings. The van der Waals surface area contributed by atoms with Crippen LogP contribution < -0.4 is 9.80 Å². The zero-order valence-corrected chi connectivity index (χ0v) is 21.0. The highest BCUT2D eigenvalue weighted by Gasteiger charge is 2.42. The summed E-state index contributed by atoms with van der Waals surface area (Å²) in [6.45, 7) is 1.38. The third-order valence-electron chi connectivity index (χ3n) is 7.55. The lowest BCUT2D eigenvalue weighted by Crippen LogP contribution is -2.42. The summed E-state index contributed by atoms with van der Waals surface area (Å²) in [5, 5.41) is 0. The maximum atomic E-state index is 15.3. The third-order valence-corrected chi connectivity index (χ3v) is 7.55. The second-order valence-corrected chi connectivity index (χ2v) is 9.89. The van der Waals surface area contributed by atoms with Crippen molar-refractivity contribution in [2.24, 2.45) is 0 Å². The van der Waals surface area contributed by atoms with Gasteiger partial charge in [0.15, 0.2) is 0 Å². The predicted molar refractivity (Wildman–Crippen MR) is 142 cm³/mol. The Balaban J connectivity index is 1.16. The number of halogens is 1. The summed E-state index contributed by atoms with van der Waals surface area (Å²) in [6, 6.07) is 12.7. The normalized spacial score (nSPS) is 19.0. The number of imide groups is 1. The number of pyridine rings is 1. The van der Waals surface area contributed by atoms with E-state index in [4.69, 9.17) is 11.2 Å². The molecule has 3 aliphatic heterocycles. The number of fused-ring (bicyclic) bond motifs is 2. The van der Waals surface area contributed by atoms with Gasteiger partial charge in [-0.15, -0.1) is 12.3 Å². The van der Waals surface area contributed by atoms with E-state index in [0.717, 1.165) is 12.0 Å². The van der Waals surface area contributed by atoms with E-state index in [0.29, 0.717) is 35.6 Å². The Labute approximate surface area is 225 Å². The first-order valence-corrected chi connectivity index (χ1v) is 12.8. The molecule has 0 bridgehead atoms. The highest BCUT2D eigenvalue weighted by Crippen LogP contribution is 2.33. The van der Waals surface area contributed by atoms with E-state index in [1.54, 1.807) is 42.6 Å². The lowest BCUT2D eigenvalue weighted by Gasteiger charge is -2.31. The SMILES string of the molecule is C#CCC(C[C@H]1CN(c2ccc(N3CCc4ccncc4C3)c(F)c2)C(=O)O1)N1C(=O)c2ccccc2C1=O. The largest absolute Gasteiger partial charge is 0.444 e. The molecule has 2 aromatic carbocycles. The topological polar surface area (TPSA) is 83.1 Å². The molecule has 4 heterocycles. The molecule has 3 aliphatic rings. The second kappa shape index (κ2) is 9.87. The molecule has 39 heavy (non-hydrogen) atoms. The number of hydrogen-bond donors (Lipinski definition) is 0. The molecule has 6 rings (SSSR count). The van der Waals surface area contributed by atoms with Gasteiger partial charge in [0.2, 0.25) is 0 Å². The number of nitrogens with zero attached hydrogens (tertiary/aromatic N) is 4. The summed E-state index contributed by atoms with van der Waals surface area (Å²) in [5.74, 6) is 1.27. The molecule has 1 fully saturated rings. The molecule has 0 radical (unpaired) electrons. The Morgan fingerprint density at radius 3 is 2.56 bits per heavy atom. The zero-order chi connectivity index (χ0) is 27.1. The van der Waals surface area contributed by atoms with Gasteiger partial charge in [-0.2, -0.15) is 0 Å². The average Bonchev–Trinajstić information content (AvgIpc) is 3.44. The minimum absolute atomic E-state index is 0.122. The molecule has 3 amide bonds. The highest BCUT2D eigenvalue weighted by molar-refractivity contribution is 6.21. The fraction of sp³-hybridized carbons (Fsp3) is 0.267. The number of cyclic esters (lactones) is 1. The van der Waals surface area contributed by atoms with Crippen LogP contribution in [0, 0.1) is 18.2 Å². The van der Waals surface area contributed by atoms with Crippen LogP contribution in [0.5, 0.6) is 0 Å². The monoisotopic (exact) mass is 524 g/mol. The third kappa shape index (κ3) is 4.38. The Bertz CT molecular complexity index is 1500. The molecule has 196 valence electrons. The first-order valence-electron chi connectivity index (χ1n) is 12.8. The summed E-state index contributed by atoms with van der Waals surface area (Å²) in [7, 11) is 0. The van der Waals surface area contributed by atoms with Gasteiger partial charge >= 0.3 is 6.09 Å². The zero-order valence-electron chi connectivity index (χ0n) is 21.0. The van der Waals surface area contributed by atoms with E-state index in [2.05, 4.69) is 10.9 Å². The van der Waals surface area contributed by atoms with E-state index in [9.17, 15) is 14.4 Å². The van der Waals surface area contributed by atoms with Gasteiger partial charge in [-0.3, -0.25) is 24.4 Å². The molecular formula is C30H25FN4O4.